The minimum absolute atomic E-state index is 0.100. The zero-order valence-electron chi connectivity index (χ0n) is 18.2. The molecule has 2 amide bonds. The number of nitrogens with one attached hydrogen (secondary N) is 1. The van der Waals surface area contributed by atoms with E-state index in [-0.39, 0.29) is 11.8 Å². The van der Waals surface area contributed by atoms with Gasteiger partial charge >= 0.3 is 0 Å². The van der Waals surface area contributed by atoms with Gasteiger partial charge in [0.05, 0.1) is 18.9 Å². The Morgan fingerprint density at radius 2 is 1.94 bits per heavy atom. The minimum Gasteiger partial charge on any atom is -0.479 e. The van der Waals surface area contributed by atoms with Crippen LogP contribution < -0.4 is 15.0 Å². The fourth-order valence-electron chi connectivity index (χ4n) is 3.77. The molecule has 2 aliphatic rings. The van der Waals surface area contributed by atoms with Crippen molar-refractivity contribution in [3.63, 3.8) is 0 Å². The highest BCUT2D eigenvalue weighted by atomic mass is 35.5. The standard InChI is InChI=1S/C24H25Cl2N3O4/c1-16-24(31)29(9-8-28-10-12-32-13-11-28)21-15-19(5-6-22(21)33-16)27-23(30)7-3-17-2-4-18(25)14-20(17)26/h2-7,14-16H,8-13H2,1H3,(H,27,30)/b7-3+. The van der Waals surface area contributed by atoms with Gasteiger partial charge in [-0.3, -0.25) is 14.5 Å². The summed E-state index contributed by atoms with van der Waals surface area (Å²) in [5.41, 5.74) is 1.89. The Kier molecular flexibility index (Phi) is 7.55. The van der Waals surface area contributed by atoms with Gasteiger partial charge in [-0.25, -0.2) is 0 Å². The number of carbonyl (C=O) groups is 2. The molecule has 1 fully saturated rings. The highest BCUT2D eigenvalue weighted by molar-refractivity contribution is 6.35. The zero-order valence-corrected chi connectivity index (χ0v) is 19.7. The number of benzene rings is 2. The van der Waals surface area contributed by atoms with E-state index in [0.717, 1.165) is 19.6 Å². The fourth-order valence-corrected chi connectivity index (χ4v) is 4.24. The van der Waals surface area contributed by atoms with Gasteiger partial charge in [0.1, 0.15) is 5.75 Å². The maximum Gasteiger partial charge on any atom is 0.267 e. The van der Waals surface area contributed by atoms with Crippen LogP contribution in [-0.4, -0.2) is 62.2 Å². The molecule has 0 spiro atoms. The van der Waals surface area contributed by atoms with Crippen LogP contribution in [0.5, 0.6) is 5.75 Å². The minimum atomic E-state index is -0.560. The Hall–Kier alpha value is -2.58. The first-order valence-corrected chi connectivity index (χ1v) is 11.5. The molecule has 0 bridgehead atoms. The number of hydrogen-bond acceptors (Lipinski definition) is 5. The van der Waals surface area contributed by atoms with Crippen LogP contribution in [0.2, 0.25) is 10.0 Å². The summed E-state index contributed by atoms with van der Waals surface area (Å²) in [6, 6.07) is 10.4. The molecule has 2 aromatic carbocycles. The average Bonchev–Trinajstić information content (AvgIpc) is 2.80. The van der Waals surface area contributed by atoms with E-state index in [1.54, 1.807) is 54.3 Å². The van der Waals surface area contributed by atoms with E-state index < -0.39 is 6.10 Å². The second-order valence-corrected chi connectivity index (χ2v) is 8.72. The van der Waals surface area contributed by atoms with Crippen LogP contribution in [0.3, 0.4) is 0 Å². The number of morpholine rings is 1. The number of fused-ring (bicyclic) bond motifs is 1. The summed E-state index contributed by atoms with van der Waals surface area (Å²) in [7, 11) is 0. The highest BCUT2D eigenvalue weighted by Crippen LogP contribution is 2.36. The number of anilines is 2. The number of hydrogen-bond donors (Lipinski definition) is 1. The third-order valence-corrected chi connectivity index (χ3v) is 6.12. The Balaban J connectivity index is 1.47. The molecular formula is C24H25Cl2N3O4. The van der Waals surface area contributed by atoms with Gasteiger partial charge in [0.2, 0.25) is 5.91 Å². The van der Waals surface area contributed by atoms with Crippen molar-refractivity contribution in [1.29, 1.82) is 0 Å². The normalized spacial score (nSPS) is 18.8. The fraction of sp³-hybridized carbons (Fsp3) is 0.333. The Bertz CT molecular complexity index is 1070. The molecule has 0 saturated carbocycles. The van der Waals surface area contributed by atoms with Crippen LogP contribution in [0.4, 0.5) is 11.4 Å². The van der Waals surface area contributed by atoms with E-state index in [1.165, 1.54) is 6.08 Å². The first kappa shape index (κ1) is 23.6. The number of rotatable bonds is 6. The molecule has 7 nitrogen and oxygen atoms in total. The summed E-state index contributed by atoms with van der Waals surface area (Å²) in [5.74, 6) is 0.194. The topological polar surface area (TPSA) is 71.1 Å². The van der Waals surface area contributed by atoms with Gasteiger partial charge in [-0.05, 0) is 48.9 Å². The van der Waals surface area contributed by atoms with E-state index >= 15 is 0 Å². The smallest absolute Gasteiger partial charge is 0.267 e. The molecule has 174 valence electrons. The van der Waals surface area contributed by atoms with E-state index in [9.17, 15) is 9.59 Å². The van der Waals surface area contributed by atoms with Crippen molar-refractivity contribution in [2.45, 2.75) is 13.0 Å². The molecule has 0 aliphatic carbocycles. The lowest BCUT2D eigenvalue weighted by Crippen LogP contribution is -2.48. The van der Waals surface area contributed by atoms with Gasteiger partial charge in [0.15, 0.2) is 6.10 Å². The molecule has 1 atom stereocenters. The van der Waals surface area contributed by atoms with E-state index in [2.05, 4.69) is 10.2 Å². The summed E-state index contributed by atoms with van der Waals surface area (Å²) in [6.07, 6.45) is 2.46. The first-order chi connectivity index (χ1) is 15.9. The van der Waals surface area contributed by atoms with Crippen LogP contribution in [-0.2, 0) is 14.3 Å². The largest absolute Gasteiger partial charge is 0.479 e. The quantitative estimate of drug-likeness (QED) is 0.618. The van der Waals surface area contributed by atoms with Crippen LogP contribution in [0.15, 0.2) is 42.5 Å². The molecule has 2 heterocycles. The molecule has 33 heavy (non-hydrogen) atoms. The maximum atomic E-state index is 12.8. The maximum absolute atomic E-state index is 12.8. The van der Waals surface area contributed by atoms with Crippen molar-refractivity contribution < 1.29 is 19.1 Å². The summed E-state index contributed by atoms with van der Waals surface area (Å²) in [4.78, 5) is 29.3. The van der Waals surface area contributed by atoms with Crippen LogP contribution in [0.25, 0.3) is 6.08 Å². The van der Waals surface area contributed by atoms with Gasteiger partial charge in [0, 0.05) is 48.0 Å². The van der Waals surface area contributed by atoms with E-state index in [1.807, 2.05) is 0 Å². The van der Waals surface area contributed by atoms with Crippen molar-refractivity contribution in [2.24, 2.45) is 0 Å². The number of halogens is 2. The molecule has 1 unspecified atom stereocenters. The van der Waals surface area contributed by atoms with Crippen LogP contribution >= 0.6 is 23.2 Å². The van der Waals surface area contributed by atoms with Crippen molar-refractivity contribution in [1.82, 2.24) is 4.90 Å². The SMILES string of the molecule is CC1Oc2ccc(NC(=O)/C=C/c3ccc(Cl)cc3Cl)cc2N(CCN2CCOCC2)C1=O. The molecule has 1 N–H and O–H groups in total. The monoisotopic (exact) mass is 489 g/mol. The van der Waals surface area contributed by atoms with Gasteiger partial charge < -0.3 is 19.7 Å². The molecule has 1 saturated heterocycles. The van der Waals surface area contributed by atoms with Gasteiger partial charge in [0.25, 0.3) is 5.91 Å². The average molecular weight is 490 g/mol. The number of amides is 2. The molecular weight excluding hydrogens is 465 g/mol. The number of carbonyl (C=O) groups excluding carboxylic acids is 2. The van der Waals surface area contributed by atoms with Crippen molar-refractivity contribution in [3.8, 4) is 5.75 Å². The van der Waals surface area contributed by atoms with E-state index in [4.69, 9.17) is 32.7 Å². The summed E-state index contributed by atoms with van der Waals surface area (Å²) in [6.45, 7) is 6.12. The number of nitrogens with zero attached hydrogens (tertiary/aromatic N) is 2. The predicted octanol–water partition coefficient (Wildman–Crippen LogP) is 4.09. The highest BCUT2D eigenvalue weighted by Gasteiger charge is 2.32. The molecule has 4 rings (SSSR count). The van der Waals surface area contributed by atoms with Crippen LogP contribution in [0.1, 0.15) is 12.5 Å². The second kappa shape index (κ2) is 10.6. The number of ether oxygens (including phenoxy) is 2. The second-order valence-electron chi connectivity index (χ2n) is 7.87. The van der Waals surface area contributed by atoms with E-state index in [0.29, 0.717) is 52.5 Å². The van der Waals surface area contributed by atoms with Crippen LogP contribution in [0, 0.1) is 0 Å². The third-order valence-electron chi connectivity index (χ3n) is 5.56. The van der Waals surface area contributed by atoms with Crippen molar-refractivity contribution in [3.05, 3.63) is 58.1 Å². The predicted molar refractivity (Wildman–Crippen MR) is 130 cm³/mol. The summed E-state index contributed by atoms with van der Waals surface area (Å²) >= 11 is 12.1. The summed E-state index contributed by atoms with van der Waals surface area (Å²) in [5, 5.41) is 3.82. The van der Waals surface area contributed by atoms with Crippen molar-refractivity contribution >= 4 is 52.5 Å². The molecule has 2 aliphatic heterocycles. The lowest BCUT2D eigenvalue weighted by Gasteiger charge is -2.35. The lowest BCUT2D eigenvalue weighted by atomic mass is 10.1. The summed E-state index contributed by atoms with van der Waals surface area (Å²) < 4.78 is 11.2. The molecule has 0 radical (unpaired) electrons. The Morgan fingerprint density at radius 3 is 2.70 bits per heavy atom. The third kappa shape index (κ3) is 5.86. The molecule has 2 aromatic rings. The Labute approximate surface area is 202 Å². The van der Waals surface area contributed by atoms with Crippen molar-refractivity contribution in [2.75, 3.05) is 49.6 Å². The molecule has 9 heteroatoms. The Morgan fingerprint density at radius 1 is 1.15 bits per heavy atom. The first-order valence-electron chi connectivity index (χ1n) is 10.8. The van der Waals surface area contributed by atoms with Gasteiger partial charge in [-0.1, -0.05) is 29.3 Å². The van der Waals surface area contributed by atoms with Gasteiger partial charge in [-0.2, -0.15) is 0 Å². The molecule has 0 aromatic heterocycles. The zero-order chi connectivity index (χ0) is 23.4. The van der Waals surface area contributed by atoms with Gasteiger partial charge in [-0.15, -0.1) is 0 Å². The lowest BCUT2D eigenvalue weighted by molar-refractivity contribution is -0.125.